The van der Waals surface area contributed by atoms with Crippen molar-refractivity contribution in [1.82, 2.24) is 10.3 Å². The predicted molar refractivity (Wildman–Crippen MR) is 69.7 cm³/mol. The Morgan fingerprint density at radius 3 is 3.00 bits per heavy atom. The lowest BCUT2D eigenvalue weighted by Gasteiger charge is -2.19. The van der Waals surface area contributed by atoms with Crippen LogP contribution in [-0.4, -0.2) is 18.1 Å². The molecule has 1 aliphatic carbocycles. The van der Waals surface area contributed by atoms with Crippen LogP contribution >= 0.6 is 11.6 Å². The molecule has 2 heterocycles. The Morgan fingerprint density at radius 1 is 1.28 bits per heavy atom. The predicted octanol–water partition coefficient (Wildman–Crippen LogP) is 3.20. The van der Waals surface area contributed by atoms with Crippen molar-refractivity contribution >= 4 is 22.5 Å². The second kappa shape index (κ2) is 3.65. The van der Waals surface area contributed by atoms with E-state index in [9.17, 15) is 4.39 Å². The molecule has 2 aliphatic rings. The first-order chi connectivity index (χ1) is 8.74. The third kappa shape index (κ3) is 1.35. The van der Waals surface area contributed by atoms with Crippen molar-refractivity contribution in [1.29, 1.82) is 0 Å². The quantitative estimate of drug-likeness (QED) is 0.738. The average molecular weight is 263 g/mol. The molecule has 1 saturated heterocycles. The van der Waals surface area contributed by atoms with Crippen LogP contribution in [0.5, 0.6) is 0 Å². The van der Waals surface area contributed by atoms with Crippen LogP contribution in [0.4, 0.5) is 4.39 Å². The molecule has 2 atom stereocenters. The Morgan fingerprint density at radius 2 is 2.11 bits per heavy atom. The highest BCUT2D eigenvalue weighted by molar-refractivity contribution is 6.29. The van der Waals surface area contributed by atoms with Gasteiger partial charge in [0, 0.05) is 24.4 Å². The zero-order valence-electron chi connectivity index (χ0n) is 9.71. The van der Waals surface area contributed by atoms with Gasteiger partial charge in [-0.15, -0.1) is 0 Å². The summed E-state index contributed by atoms with van der Waals surface area (Å²) in [5, 5.41) is 4.38. The molecule has 1 fully saturated rings. The van der Waals surface area contributed by atoms with Crippen LogP contribution in [0.25, 0.3) is 10.9 Å². The summed E-state index contributed by atoms with van der Waals surface area (Å²) >= 11 is 5.89. The second-order valence-corrected chi connectivity index (χ2v) is 5.57. The molecule has 2 bridgehead atoms. The van der Waals surface area contributed by atoms with E-state index in [4.69, 9.17) is 11.6 Å². The molecule has 4 heteroatoms. The van der Waals surface area contributed by atoms with Crippen LogP contribution in [0.15, 0.2) is 18.2 Å². The zero-order chi connectivity index (χ0) is 12.3. The van der Waals surface area contributed by atoms with Crippen molar-refractivity contribution in [3.05, 3.63) is 40.3 Å². The smallest absolute Gasteiger partial charge is 0.136 e. The highest BCUT2D eigenvalue weighted by atomic mass is 35.5. The lowest BCUT2D eigenvalue weighted by molar-refractivity contribution is 0.448. The number of nitrogens with one attached hydrogen (secondary N) is 1. The number of aromatic nitrogens is 1. The Labute approximate surface area is 109 Å². The van der Waals surface area contributed by atoms with Gasteiger partial charge in [0.25, 0.3) is 0 Å². The van der Waals surface area contributed by atoms with Crippen molar-refractivity contribution in [2.24, 2.45) is 0 Å². The molecule has 2 unspecified atom stereocenters. The molecule has 1 N–H and O–H groups in total. The van der Waals surface area contributed by atoms with Gasteiger partial charge in [-0.25, -0.2) is 9.37 Å². The molecule has 92 valence electrons. The van der Waals surface area contributed by atoms with Gasteiger partial charge in [-0.05, 0) is 41.7 Å². The van der Waals surface area contributed by atoms with Crippen molar-refractivity contribution in [2.45, 2.75) is 18.3 Å². The minimum atomic E-state index is -0.0946. The van der Waals surface area contributed by atoms with E-state index < -0.39 is 0 Å². The number of nitrogens with zero attached hydrogens (tertiary/aromatic N) is 1. The van der Waals surface area contributed by atoms with Gasteiger partial charge in [0.15, 0.2) is 0 Å². The molecule has 1 aliphatic heterocycles. The fourth-order valence-electron chi connectivity index (χ4n) is 3.39. The third-order valence-electron chi connectivity index (χ3n) is 4.17. The fourth-order valence-corrected chi connectivity index (χ4v) is 3.55. The van der Waals surface area contributed by atoms with E-state index in [1.54, 1.807) is 12.1 Å². The first-order valence-corrected chi connectivity index (χ1v) is 6.61. The first kappa shape index (κ1) is 10.7. The second-order valence-electron chi connectivity index (χ2n) is 5.18. The number of hydrogen-bond acceptors (Lipinski definition) is 2. The Hall–Kier alpha value is -1.19. The van der Waals surface area contributed by atoms with Crippen molar-refractivity contribution in [3.8, 4) is 0 Å². The molecule has 1 aromatic carbocycles. The number of pyridine rings is 1. The molecule has 2 aromatic rings. The van der Waals surface area contributed by atoms with Gasteiger partial charge < -0.3 is 5.32 Å². The van der Waals surface area contributed by atoms with Crippen LogP contribution in [-0.2, 0) is 0 Å². The topological polar surface area (TPSA) is 24.9 Å². The molecule has 0 spiro atoms. The van der Waals surface area contributed by atoms with Crippen molar-refractivity contribution < 1.29 is 4.39 Å². The summed E-state index contributed by atoms with van der Waals surface area (Å²) in [4.78, 5) is 4.23. The van der Waals surface area contributed by atoms with Crippen molar-refractivity contribution in [2.75, 3.05) is 13.1 Å². The SMILES string of the molecule is Fc1c2c(cc3nc(Cl)ccc13)C1CNCC2C1. The van der Waals surface area contributed by atoms with E-state index in [0.717, 1.165) is 30.6 Å². The molecule has 4 rings (SSSR count). The van der Waals surface area contributed by atoms with Crippen LogP contribution < -0.4 is 5.32 Å². The maximum Gasteiger partial charge on any atom is 0.136 e. The molecule has 0 radical (unpaired) electrons. The van der Waals surface area contributed by atoms with E-state index >= 15 is 0 Å². The van der Waals surface area contributed by atoms with Crippen LogP contribution in [0.1, 0.15) is 29.4 Å². The van der Waals surface area contributed by atoms with E-state index in [2.05, 4.69) is 10.3 Å². The van der Waals surface area contributed by atoms with E-state index in [0.29, 0.717) is 27.9 Å². The first-order valence-electron chi connectivity index (χ1n) is 6.23. The zero-order valence-corrected chi connectivity index (χ0v) is 10.5. The van der Waals surface area contributed by atoms with E-state index in [1.165, 1.54) is 0 Å². The molecular weight excluding hydrogens is 251 g/mol. The summed E-state index contributed by atoms with van der Waals surface area (Å²) in [6, 6.07) is 5.41. The van der Waals surface area contributed by atoms with Gasteiger partial charge in [-0.2, -0.15) is 0 Å². The average Bonchev–Trinajstić information content (AvgIpc) is 2.61. The molecule has 18 heavy (non-hydrogen) atoms. The minimum absolute atomic E-state index is 0.0946. The number of piperidine rings is 1. The maximum absolute atomic E-state index is 14.6. The summed E-state index contributed by atoms with van der Waals surface area (Å²) in [6.07, 6.45) is 1.06. The summed E-state index contributed by atoms with van der Waals surface area (Å²) in [7, 11) is 0. The Kier molecular flexibility index (Phi) is 2.17. The molecular formula is C14H12ClFN2. The normalized spacial score (nSPS) is 25.4. The largest absolute Gasteiger partial charge is 0.316 e. The summed E-state index contributed by atoms with van der Waals surface area (Å²) in [6.45, 7) is 1.82. The summed E-state index contributed by atoms with van der Waals surface area (Å²) in [5.41, 5.74) is 2.71. The monoisotopic (exact) mass is 262 g/mol. The van der Waals surface area contributed by atoms with Crippen LogP contribution in [0.2, 0.25) is 5.15 Å². The summed E-state index contributed by atoms with van der Waals surface area (Å²) in [5.74, 6) is 0.653. The lowest BCUT2D eigenvalue weighted by atomic mass is 9.97. The number of benzene rings is 1. The number of rotatable bonds is 0. The Bertz CT molecular complexity index is 656. The van der Waals surface area contributed by atoms with Gasteiger partial charge in [0.1, 0.15) is 11.0 Å². The van der Waals surface area contributed by atoms with Crippen molar-refractivity contribution in [3.63, 3.8) is 0 Å². The fraction of sp³-hybridized carbons (Fsp3) is 0.357. The Balaban J connectivity index is 2.06. The van der Waals surface area contributed by atoms with Crippen LogP contribution in [0.3, 0.4) is 0 Å². The standard InChI is InChI=1S/C14H12ClFN2/c15-12-2-1-9-11(18-12)4-10-7-3-8(6-17-5-7)13(10)14(9)16/h1-2,4,7-8,17H,3,5-6H2. The molecule has 2 nitrogen and oxygen atoms in total. The number of hydrogen-bond donors (Lipinski definition) is 1. The molecule has 0 amide bonds. The molecule has 1 aromatic heterocycles. The molecule has 0 saturated carbocycles. The number of halogens is 2. The maximum atomic E-state index is 14.6. The van der Waals surface area contributed by atoms with Gasteiger partial charge in [-0.1, -0.05) is 11.6 Å². The van der Waals surface area contributed by atoms with Gasteiger partial charge in [0.05, 0.1) is 5.52 Å². The highest BCUT2D eigenvalue weighted by Crippen LogP contribution is 2.46. The van der Waals surface area contributed by atoms with E-state index in [-0.39, 0.29) is 5.82 Å². The highest BCUT2D eigenvalue weighted by Gasteiger charge is 2.37. The van der Waals surface area contributed by atoms with E-state index in [1.807, 2.05) is 6.07 Å². The minimum Gasteiger partial charge on any atom is -0.316 e. The third-order valence-corrected chi connectivity index (χ3v) is 4.38. The van der Waals surface area contributed by atoms with Crippen LogP contribution in [0, 0.1) is 5.82 Å². The number of fused-ring (bicyclic) bond motifs is 6. The van der Waals surface area contributed by atoms with Gasteiger partial charge in [-0.3, -0.25) is 0 Å². The summed E-state index contributed by atoms with van der Waals surface area (Å²) < 4.78 is 14.6. The van der Waals surface area contributed by atoms with Gasteiger partial charge >= 0.3 is 0 Å². The van der Waals surface area contributed by atoms with Gasteiger partial charge in [0.2, 0.25) is 0 Å². The lowest BCUT2D eigenvalue weighted by Crippen LogP contribution is -2.28.